The van der Waals surface area contributed by atoms with Gasteiger partial charge in [-0.3, -0.25) is 9.58 Å². The second kappa shape index (κ2) is 5.49. The lowest BCUT2D eigenvalue weighted by Gasteiger charge is -2.47. The number of likely N-dealkylation sites (N-methyl/N-ethyl adjacent to an activating group) is 1. The van der Waals surface area contributed by atoms with Gasteiger partial charge in [-0.05, 0) is 44.6 Å². The van der Waals surface area contributed by atoms with E-state index in [0.717, 1.165) is 24.9 Å². The van der Waals surface area contributed by atoms with Gasteiger partial charge in [0.2, 0.25) is 0 Å². The highest BCUT2D eigenvalue weighted by atomic mass is 15.2. The maximum absolute atomic E-state index is 6.22. The quantitative estimate of drug-likeness (QED) is 0.896. The lowest BCUT2D eigenvalue weighted by Crippen LogP contribution is -2.54. The van der Waals surface area contributed by atoms with Gasteiger partial charge in [0.25, 0.3) is 0 Å². The highest BCUT2D eigenvalue weighted by Crippen LogP contribution is 2.47. The van der Waals surface area contributed by atoms with Crippen LogP contribution in [0.3, 0.4) is 0 Å². The van der Waals surface area contributed by atoms with E-state index in [9.17, 15) is 0 Å². The molecule has 2 aliphatic rings. The molecule has 1 aromatic rings. The highest BCUT2D eigenvalue weighted by molar-refractivity contribution is 5.06. The number of nitrogens with two attached hydrogens (primary N) is 1. The first-order valence-corrected chi connectivity index (χ1v) is 8.02. The number of hydrogen-bond donors (Lipinski definition) is 1. The highest BCUT2D eigenvalue weighted by Gasteiger charge is 2.43. The zero-order valence-electron chi connectivity index (χ0n) is 12.9. The van der Waals surface area contributed by atoms with Gasteiger partial charge in [0.05, 0.1) is 6.20 Å². The van der Waals surface area contributed by atoms with Crippen molar-refractivity contribution < 1.29 is 0 Å². The largest absolute Gasteiger partial charge is 0.329 e. The standard InChI is InChI=1S/C16H28N4/c1-19(10-13-9-18-20(2)11-13)16(12-17)7-3-4-15(8-16)14-5-6-14/h9,11,14-15H,3-8,10,12,17H2,1-2H3. The van der Waals surface area contributed by atoms with Crippen molar-refractivity contribution in [2.24, 2.45) is 24.6 Å². The minimum Gasteiger partial charge on any atom is -0.329 e. The van der Waals surface area contributed by atoms with E-state index in [0.29, 0.717) is 0 Å². The van der Waals surface area contributed by atoms with E-state index in [4.69, 9.17) is 5.73 Å². The van der Waals surface area contributed by atoms with Gasteiger partial charge in [0.1, 0.15) is 0 Å². The molecular weight excluding hydrogens is 248 g/mol. The predicted molar refractivity (Wildman–Crippen MR) is 81.1 cm³/mol. The molecule has 1 aromatic heterocycles. The maximum atomic E-state index is 6.22. The number of hydrogen-bond acceptors (Lipinski definition) is 3. The normalized spacial score (nSPS) is 30.9. The average Bonchev–Trinajstić information content (AvgIpc) is 3.23. The van der Waals surface area contributed by atoms with Gasteiger partial charge in [0.15, 0.2) is 0 Å². The van der Waals surface area contributed by atoms with Crippen molar-refractivity contribution in [3.05, 3.63) is 18.0 Å². The minimum atomic E-state index is 0.210. The first-order valence-electron chi connectivity index (χ1n) is 8.02. The number of aromatic nitrogens is 2. The summed E-state index contributed by atoms with van der Waals surface area (Å²) in [4.78, 5) is 2.50. The van der Waals surface area contributed by atoms with E-state index < -0.39 is 0 Å². The molecule has 4 nitrogen and oxygen atoms in total. The van der Waals surface area contributed by atoms with Crippen LogP contribution in [-0.4, -0.2) is 33.8 Å². The molecule has 2 fully saturated rings. The van der Waals surface area contributed by atoms with Crippen LogP contribution in [0, 0.1) is 11.8 Å². The van der Waals surface area contributed by atoms with E-state index in [1.807, 2.05) is 17.9 Å². The van der Waals surface area contributed by atoms with Gasteiger partial charge >= 0.3 is 0 Å². The van der Waals surface area contributed by atoms with E-state index in [1.165, 1.54) is 44.1 Å². The van der Waals surface area contributed by atoms with Gasteiger partial charge in [0, 0.05) is 37.4 Å². The van der Waals surface area contributed by atoms with Crippen LogP contribution in [0.1, 0.15) is 44.1 Å². The lowest BCUT2D eigenvalue weighted by atomic mass is 9.73. The van der Waals surface area contributed by atoms with Crippen molar-refractivity contribution in [1.29, 1.82) is 0 Å². The fraction of sp³-hybridized carbons (Fsp3) is 0.812. The fourth-order valence-electron chi connectivity index (χ4n) is 4.04. The summed E-state index contributed by atoms with van der Waals surface area (Å²) >= 11 is 0. The Bertz CT molecular complexity index is 451. The molecule has 0 radical (unpaired) electrons. The predicted octanol–water partition coefficient (Wildman–Crippen LogP) is 2.15. The van der Waals surface area contributed by atoms with E-state index in [1.54, 1.807) is 0 Å². The smallest absolute Gasteiger partial charge is 0.0534 e. The first-order chi connectivity index (χ1) is 9.63. The van der Waals surface area contributed by atoms with Crippen molar-refractivity contribution in [3.63, 3.8) is 0 Å². The Kier molecular flexibility index (Phi) is 3.87. The molecule has 0 saturated heterocycles. The van der Waals surface area contributed by atoms with Gasteiger partial charge < -0.3 is 5.73 Å². The Morgan fingerprint density at radius 1 is 1.40 bits per heavy atom. The van der Waals surface area contributed by atoms with Crippen molar-refractivity contribution in [2.45, 2.75) is 50.6 Å². The fourth-order valence-corrected chi connectivity index (χ4v) is 4.04. The van der Waals surface area contributed by atoms with Crippen molar-refractivity contribution in [1.82, 2.24) is 14.7 Å². The monoisotopic (exact) mass is 276 g/mol. The van der Waals surface area contributed by atoms with Crippen LogP contribution < -0.4 is 5.73 Å². The SMILES string of the molecule is CN(Cc1cnn(C)c1)C1(CN)CCCC(C2CC2)C1. The molecule has 3 rings (SSSR count). The van der Waals surface area contributed by atoms with Crippen LogP contribution in [0.4, 0.5) is 0 Å². The molecule has 112 valence electrons. The number of rotatable bonds is 5. The summed E-state index contributed by atoms with van der Waals surface area (Å²) in [6, 6.07) is 0. The van der Waals surface area contributed by atoms with E-state index in [-0.39, 0.29) is 5.54 Å². The summed E-state index contributed by atoms with van der Waals surface area (Å²) in [7, 11) is 4.22. The molecule has 0 aromatic carbocycles. The summed E-state index contributed by atoms with van der Waals surface area (Å²) in [6.07, 6.45) is 12.3. The minimum absolute atomic E-state index is 0.210. The molecule has 4 heteroatoms. The molecule has 2 saturated carbocycles. The number of aryl methyl sites for hydroxylation is 1. The second-order valence-corrected chi connectivity index (χ2v) is 7.00. The second-order valence-electron chi connectivity index (χ2n) is 7.00. The van der Waals surface area contributed by atoms with Gasteiger partial charge in [-0.15, -0.1) is 0 Å². The average molecular weight is 276 g/mol. The Balaban J connectivity index is 1.69. The third-order valence-electron chi connectivity index (χ3n) is 5.52. The molecule has 20 heavy (non-hydrogen) atoms. The van der Waals surface area contributed by atoms with Crippen LogP contribution in [0.25, 0.3) is 0 Å². The van der Waals surface area contributed by atoms with Crippen LogP contribution >= 0.6 is 0 Å². The molecule has 2 aliphatic carbocycles. The Morgan fingerprint density at radius 2 is 2.20 bits per heavy atom. The molecular formula is C16H28N4. The lowest BCUT2D eigenvalue weighted by molar-refractivity contribution is 0.0459. The molecule has 2 N–H and O–H groups in total. The number of nitrogens with zero attached hydrogens (tertiary/aromatic N) is 3. The van der Waals surface area contributed by atoms with Crippen molar-refractivity contribution in [2.75, 3.05) is 13.6 Å². The molecule has 0 spiro atoms. The topological polar surface area (TPSA) is 47.1 Å². The van der Waals surface area contributed by atoms with Crippen molar-refractivity contribution >= 4 is 0 Å². The van der Waals surface area contributed by atoms with Crippen LogP contribution in [0.15, 0.2) is 12.4 Å². The third kappa shape index (κ3) is 2.77. The molecule has 2 atom stereocenters. The van der Waals surface area contributed by atoms with Crippen molar-refractivity contribution in [3.8, 4) is 0 Å². The summed E-state index contributed by atoms with van der Waals surface area (Å²) in [5, 5.41) is 4.28. The summed E-state index contributed by atoms with van der Waals surface area (Å²) in [6.45, 7) is 1.75. The van der Waals surface area contributed by atoms with Crippen LogP contribution in [-0.2, 0) is 13.6 Å². The maximum Gasteiger partial charge on any atom is 0.0534 e. The summed E-state index contributed by atoms with van der Waals surface area (Å²) in [5.74, 6) is 1.93. The third-order valence-corrected chi connectivity index (χ3v) is 5.52. The Labute approximate surface area is 122 Å². The van der Waals surface area contributed by atoms with Crippen LogP contribution in [0.5, 0.6) is 0 Å². The first kappa shape index (κ1) is 14.1. The van der Waals surface area contributed by atoms with Gasteiger partial charge in [-0.2, -0.15) is 5.10 Å². The zero-order valence-corrected chi connectivity index (χ0v) is 12.9. The molecule has 0 bridgehead atoms. The van der Waals surface area contributed by atoms with Gasteiger partial charge in [-0.25, -0.2) is 0 Å². The molecule has 1 heterocycles. The zero-order chi connectivity index (χ0) is 14.2. The van der Waals surface area contributed by atoms with Gasteiger partial charge in [-0.1, -0.05) is 12.8 Å². The Hall–Kier alpha value is -0.870. The molecule has 0 amide bonds. The van der Waals surface area contributed by atoms with E-state index in [2.05, 4.69) is 23.2 Å². The Morgan fingerprint density at radius 3 is 2.80 bits per heavy atom. The molecule has 0 aliphatic heterocycles. The summed E-state index contributed by atoms with van der Waals surface area (Å²) < 4.78 is 1.88. The summed E-state index contributed by atoms with van der Waals surface area (Å²) in [5.41, 5.74) is 7.72. The molecule has 2 unspecified atom stereocenters. The van der Waals surface area contributed by atoms with Crippen LogP contribution in [0.2, 0.25) is 0 Å². The van der Waals surface area contributed by atoms with E-state index >= 15 is 0 Å².